The third-order valence-electron chi connectivity index (χ3n) is 5.88. The van der Waals surface area contributed by atoms with Crippen molar-refractivity contribution in [2.45, 2.75) is 25.4 Å². The Morgan fingerprint density at radius 3 is 2.94 bits per heavy atom. The molecule has 0 aliphatic carbocycles. The summed E-state index contributed by atoms with van der Waals surface area (Å²) in [6.45, 7) is 0.562. The van der Waals surface area contributed by atoms with Crippen LogP contribution in [0.4, 0.5) is 5.69 Å². The molecule has 0 unspecified atom stereocenters. The molecule has 0 radical (unpaired) electrons. The number of rotatable bonds is 5. The number of H-pyrrole nitrogens is 1. The average Bonchev–Trinajstić information content (AvgIpc) is 3.49. The number of likely N-dealkylation sites (tertiary alicyclic amines) is 1. The summed E-state index contributed by atoms with van der Waals surface area (Å²) in [5.74, 6) is -1.08. The number of anilines is 1. The molecule has 2 aromatic heterocycles. The summed E-state index contributed by atoms with van der Waals surface area (Å²) in [5.41, 5.74) is 7.63. The maximum atomic E-state index is 13.1. The highest BCUT2D eigenvalue weighted by molar-refractivity contribution is 6.11. The molecule has 0 saturated carbocycles. The lowest BCUT2D eigenvalue weighted by atomic mass is 10.1. The number of nitrogens with two attached hydrogens (primary N) is 1. The second kappa shape index (κ2) is 8.46. The summed E-state index contributed by atoms with van der Waals surface area (Å²) in [7, 11) is 0. The quantitative estimate of drug-likeness (QED) is 0.421. The first-order chi connectivity index (χ1) is 16.4. The molecule has 2 aliphatic rings. The van der Waals surface area contributed by atoms with E-state index in [1.54, 1.807) is 18.2 Å². The monoisotopic (exact) mass is 463 g/mol. The standard InChI is InChI=1S/C22H21N7O5/c23-20(31)14-2-1-5-29(14)22(33)12-8-24-18-17(12)26-10-27-19(18)21(32)25-7-11-3-4-15-13(6-11)28-16(30)9-34-15/h3-4,6,8,10,14,24H,1-2,5,7,9H2,(H2,23,31)(H,25,32)(H,28,30)/t14-/m1/s1. The lowest BCUT2D eigenvalue weighted by Gasteiger charge is -2.21. The minimum Gasteiger partial charge on any atom is -0.482 e. The van der Waals surface area contributed by atoms with Crippen molar-refractivity contribution in [1.82, 2.24) is 25.2 Å². The van der Waals surface area contributed by atoms with E-state index in [1.165, 1.54) is 17.4 Å². The number of nitrogens with one attached hydrogen (secondary N) is 3. The summed E-state index contributed by atoms with van der Waals surface area (Å²) >= 11 is 0. The third-order valence-corrected chi connectivity index (χ3v) is 5.88. The fraction of sp³-hybridized carbons (Fsp3) is 0.273. The van der Waals surface area contributed by atoms with Gasteiger partial charge in [0.15, 0.2) is 12.3 Å². The smallest absolute Gasteiger partial charge is 0.272 e. The zero-order valence-corrected chi connectivity index (χ0v) is 18.0. The molecule has 1 atom stereocenters. The number of carbonyl (C=O) groups excluding carboxylic acids is 4. The Hall–Kier alpha value is -4.48. The van der Waals surface area contributed by atoms with Gasteiger partial charge < -0.3 is 31.0 Å². The van der Waals surface area contributed by atoms with Gasteiger partial charge in [-0.25, -0.2) is 9.97 Å². The lowest BCUT2D eigenvalue weighted by molar-refractivity contribution is -0.121. The molecular weight excluding hydrogens is 442 g/mol. The highest BCUT2D eigenvalue weighted by Crippen LogP contribution is 2.28. The number of nitrogens with zero attached hydrogens (tertiary/aromatic N) is 3. The van der Waals surface area contributed by atoms with E-state index in [2.05, 4.69) is 25.6 Å². The summed E-state index contributed by atoms with van der Waals surface area (Å²) in [6, 6.07) is 4.57. The molecule has 0 bridgehead atoms. The Morgan fingerprint density at radius 1 is 1.26 bits per heavy atom. The van der Waals surface area contributed by atoms with Crippen molar-refractivity contribution in [3.8, 4) is 5.75 Å². The predicted molar refractivity (Wildman–Crippen MR) is 119 cm³/mol. The van der Waals surface area contributed by atoms with E-state index in [0.29, 0.717) is 36.3 Å². The molecule has 1 saturated heterocycles. The molecule has 1 aromatic carbocycles. The first-order valence-electron chi connectivity index (χ1n) is 10.7. The Labute approximate surface area is 192 Å². The van der Waals surface area contributed by atoms with E-state index in [1.807, 2.05) is 0 Å². The summed E-state index contributed by atoms with van der Waals surface area (Å²) in [6.07, 6.45) is 3.87. The van der Waals surface area contributed by atoms with Gasteiger partial charge in [-0.2, -0.15) is 0 Å². The molecule has 174 valence electrons. The van der Waals surface area contributed by atoms with Crippen LogP contribution in [-0.2, 0) is 16.1 Å². The number of amides is 4. The fourth-order valence-electron chi connectivity index (χ4n) is 4.24. The van der Waals surface area contributed by atoms with Crippen LogP contribution < -0.4 is 21.1 Å². The molecule has 5 N–H and O–H groups in total. The van der Waals surface area contributed by atoms with Crippen LogP contribution in [0.5, 0.6) is 5.75 Å². The molecule has 2 aliphatic heterocycles. The highest BCUT2D eigenvalue weighted by atomic mass is 16.5. The second-order valence-corrected chi connectivity index (χ2v) is 8.06. The summed E-state index contributed by atoms with van der Waals surface area (Å²) in [5, 5.41) is 5.50. The maximum Gasteiger partial charge on any atom is 0.272 e. The number of hydrogen-bond acceptors (Lipinski definition) is 7. The van der Waals surface area contributed by atoms with Crippen LogP contribution >= 0.6 is 0 Å². The molecule has 12 heteroatoms. The first kappa shape index (κ1) is 21.4. The van der Waals surface area contributed by atoms with Gasteiger partial charge in [0, 0.05) is 19.3 Å². The van der Waals surface area contributed by atoms with Crippen LogP contribution in [0.25, 0.3) is 11.0 Å². The Kier molecular flexibility index (Phi) is 5.32. The van der Waals surface area contributed by atoms with Gasteiger partial charge in [0.25, 0.3) is 17.7 Å². The molecule has 5 rings (SSSR count). The number of benzene rings is 1. The van der Waals surface area contributed by atoms with E-state index in [0.717, 1.165) is 5.56 Å². The Bertz CT molecular complexity index is 1330. The fourth-order valence-corrected chi connectivity index (χ4v) is 4.24. The van der Waals surface area contributed by atoms with Crippen LogP contribution in [-0.4, -0.2) is 62.7 Å². The molecular formula is C22H21N7O5. The van der Waals surface area contributed by atoms with Crippen molar-refractivity contribution in [3.05, 3.63) is 47.5 Å². The van der Waals surface area contributed by atoms with Crippen molar-refractivity contribution in [1.29, 1.82) is 0 Å². The second-order valence-electron chi connectivity index (χ2n) is 8.06. The van der Waals surface area contributed by atoms with Gasteiger partial charge in [-0.15, -0.1) is 0 Å². The van der Waals surface area contributed by atoms with Crippen molar-refractivity contribution < 1.29 is 23.9 Å². The number of carbonyl (C=O) groups is 4. The van der Waals surface area contributed by atoms with Crippen LogP contribution in [0.2, 0.25) is 0 Å². The lowest BCUT2D eigenvalue weighted by Crippen LogP contribution is -2.43. The van der Waals surface area contributed by atoms with Gasteiger partial charge in [0.1, 0.15) is 23.6 Å². The topological polar surface area (TPSA) is 172 Å². The van der Waals surface area contributed by atoms with Crippen molar-refractivity contribution in [2.24, 2.45) is 5.73 Å². The van der Waals surface area contributed by atoms with Crippen LogP contribution in [0, 0.1) is 0 Å². The van der Waals surface area contributed by atoms with Crippen molar-refractivity contribution in [3.63, 3.8) is 0 Å². The maximum absolute atomic E-state index is 13.1. The predicted octanol–water partition coefficient (Wildman–Crippen LogP) is 0.309. The van der Waals surface area contributed by atoms with Crippen molar-refractivity contribution >= 4 is 40.3 Å². The SMILES string of the molecule is NC(=O)[C@H]1CCCN1C(=O)c1c[nH]c2c(C(=O)NCc3ccc4c(c3)NC(=O)CO4)ncnc12. The number of aromatic nitrogens is 3. The van der Waals surface area contributed by atoms with E-state index in [4.69, 9.17) is 10.5 Å². The van der Waals surface area contributed by atoms with E-state index >= 15 is 0 Å². The van der Waals surface area contributed by atoms with Gasteiger partial charge in [-0.1, -0.05) is 6.07 Å². The normalized spacial score (nSPS) is 17.1. The Balaban J connectivity index is 1.34. The van der Waals surface area contributed by atoms with Gasteiger partial charge in [-0.3, -0.25) is 19.2 Å². The average molecular weight is 463 g/mol. The van der Waals surface area contributed by atoms with Gasteiger partial charge in [0.2, 0.25) is 5.91 Å². The summed E-state index contributed by atoms with van der Waals surface area (Å²) in [4.78, 5) is 61.8. The molecule has 1 fully saturated rings. The van der Waals surface area contributed by atoms with Crippen LogP contribution in [0.1, 0.15) is 39.3 Å². The number of hydrogen-bond donors (Lipinski definition) is 4. The number of fused-ring (bicyclic) bond motifs is 2. The molecule has 4 amide bonds. The van der Waals surface area contributed by atoms with Gasteiger partial charge >= 0.3 is 0 Å². The first-order valence-corrected chi connectivity index (χ1v) is 10.7. The van der Waals surface area contributed by atoms with E-state index < -0.39 is 17.9 Å². The third kappa shape index (κ3) is 3.78. The molecule has 34 heavy (non-hydrogen) atoms. The number of primary amides is 1. The summed E-state index contributed by atoms with van der Waals surface area (Å²) < 4.78 is 5.33. The molecule has 3 aromatic rings. The number of ether oxygens (including phenoxy) is 1. The molecule has 4 heterocycles. The highest BCUT2D eigenvalue weighted by Gasteiger charge is 2.34. The number of aromatic amines is 1. The van der Waals surface area contributed by atoms with Crippen molar-refractivity contribution in [2.75, 3.05) is 18.5 Å². The van der Waals surface area contributed by atoms with Crippen LogP contribution in [0.15, 0.2) is 30.7 Å². The Morgan fingerprint density at radius 2 is 2.12 bits per heavy atom. The van der Waals surface area contributed by atoms with Gasteiger partial charge in [-0.05, 0) is 30.5 Å². The minimum atomic E-state index is -0.658. The zero-order chi connectivity index (χ0) is 23.8. The van der Waals surface area contributed by atoms with E-state index in [-0.39, 0.29) is 41.7 Å². The molecule has 0 spiro atoms. The minimum absolute atomic E-state index is 0.0334. The van der Waals surface area contributed by atoms with Gasteiger partial charge in [0.05, 0.1) is 16.8 Å². The molecule has 12 nitrogen and oxygen atoms in total. The largest absolute Gasteiger partial charge is 0.482 e. The zero-order valence-electron chi connectivity index (χ0n) is 18.0. The van der Waals surface area contributed by atoms with Crippen LogP contribution in [0.3, 0.4) is 0 Å². The van der Waals surface area contributed by atoms with E-state index in [9.17, 15) is 19.2 Å².